The lowest BCUT2D eigenvalue weighted by atomic mass is 9.93. The van der Waals surface area contributed by atoms with Crippen LogP contribution >= 0.6 is 0 Å². The molecule has 0 aliphatic carbocycles. The monoisotopic (exact) mass is 300 g/mol. The minimum atomic E-state index is -2.03. The number of rotatable bonds is 6. The summed E-state index contributed by atoms with van der Waals surface area (Å²) in [7, 11) is 2.45. The molecule has 0 aliphatic heterocycles. The molecule has 2 rings (SSSR count). The van der Waals surface area contributed by atoms with Crippen molar-refractivity contribution in [1.82, 2.24) is 0 Å². The lowest BCUT2D eigenvalue weighted by molar-refractivity contribution is -0.231. The summed E-state index contributed by atoms with van der Waals surface area (Å²) in [6.45, 7) is 0. The Bertz CT molecular complexity index is 674. The lowest BCUT2D eigenvalue weighted by Crippen LogP contribution is -2.41. The molecule has 0 heterocycles. The highest BCUT2D eigenvalue weighted by Crippen LogP contribution is 2.30. The molecule has 0 atom stereocenters. The van der Waals surface area contributed by atoms with Crippen molar-refractivity contribution in [3.05, 3.63) is 71.3 Å². The zero-order chi connectivity index (χ0) is 16.2. The van der Waals surface area contributed by atoms with Crippen LogP contribution in [-0.4, -0.2) is 31.1 Å². The largest absolute Gasteiger partial charge is 0.477 e. The summed E-state index contributed by atoms with van der Waals surface area (Å²) >= 11 is 0. The van der Waals surface area contributed by atoms with Gasteiger partial charge in [0.05, 0.1) is 0 Å². The quantitative estimate of drug-likeness (QED) is 0.655. The molecule has 0 aliphatic rings. The Morgan fingerprint density at radius 3 is 2.00 bits per heavy atom. The molecule has 22 heavy (non-hydrogen) atoms. The van der Waals surface area contributed by atoms with E-state index < -0.39 is 11.8 Å². The van der Waals surface area contributed by atoms with Crippen molar-refractivity contribution in [3.8, 4) is 0 Å². The Morgan fingerprint density at radius 2 is 1.45 bits per heavy atom. The summed E-state index contributed by atoms with van der Waals surface area (Å²) in [5.74, 6) is -3.65. The molecule has 1 N–H and O–H groups in total. The van der Waals surface area contributed by atoms with Crippen molar-refractivity contribution in [2.45, 2.75) is 5.79 Å². The number of methoxy groups -OCH3 is 2. The van der Waals surface area contributed by atoms with E-state index in [1.54, 1.807) is 48.5 Å². The van der Waals surface area contributed by atoms with Crippen LogP contribution in [0.5, 0.6) is 0 Å². The van der Waals surface area contributed by atoms with Gasteiger partial charge >= 0.3 is 5.97 Å². The predicted octanol–water partition coefficient (Wildman–Crippen LogP) is 2.45. The summed E-state index contributed by atoms with van der Waals surface area (Å²) in [6.07, 6.45) is 0. The highest BCUT2D eigenvalue weighted by Gasteiger charge is 2.44. The van der Waals surface area contributed by atoms with Crippen LogP contribution in [0.2, 0.25) is 0 Å². The minimum absolute atomic E-state index is 0.154. The first kappa shape index (κ1) is 15.9. The zero-order valence-electron chi connectivity index (χ0n) is 12.3. The van der Waals surface area contributed by atoms with E-state index in [2.05, 4.69) is 0 Å². The van der Waals surface area contributed by atoms with Gasteiger partial charge in [0.2, 0.25) is 0 Å². The maximum absolute atomic E-state index is 12.7. The molecule has 0 saturated carbocycles. The summed E-state index contributed by atoms with van der Waals surface area (Å²) in [6, 6.07) is 15.0. The third-order valence-electron chi connectivity index (χ3n) is 3.42. The van der Waals surface area contributed by atoms with Gasteiger partial charge in [-0.1, -0.05) is 54.6 Å². The molecule has 0 amide bonds. The average molecular weight is 300 g/mol. The van der Waals surface area contributed by atoms with E-state index in [1.807, 2.05) is 0 Å². The molecule has 0 spiro atoms. The molecule has 5 nitrogen and oxygen atoms in total. The van der Waals surface area contributed by atoms with E-state index in [0.29, 0.717) is 5.56 Å². The zero-order valence-corrected chi connectivity index (χ0v) is 12.3. The van der Waals surface area contributed by atoms with Gasteiger partial charge in [-0.2, -0.15) is 0 Å². The number of ether oxygens (including phenoxy) is 2. The first-order valence-corrected chi connectivity index (χ1v) is 6.59. The van der Waals surface area contributed by atoms with E-state index in [1.165, 1.54) is 20.3 Å². The number of benzene rings is 2. The summed E-state index contributed by atoms with van der Waals surface area (Å²) in [5.41, 5.74) is 0.836. The summed E-state index contributed by atoms with van der Waals surface area (Å²) in [5, 5.41) is 9.49. The van der Waals surface area contributed by atoms with Crippen molar-refractivity contribution in [3.63, 3.8) is 0 Å². The Labute approximate surface area is 128 Å². The Hall–Kier alpha value is -2.50. The van der Waals surface area contributed by atoms with Crippen molar-refractivity contribution < 1.29 is 24.2 Å². The van der Waals surface area contributed by atoms with Gasteiger partial charge in [0, 0.05) is 30.9 Å². The number of carbonyl (C=O) groups is 2. The van der Waals surface area contributed by atoms with E-state index in [4.69, 9.17) is 9.47 Å². The van der Waals surface area contributed by atoms with Crippen molar-refractivity contribution in [2.75, 3.05) is 14.2 Å². The van der Waals surface area contributed by atoms with Crippen molar-refractivity contribution >= 4 is 11.8 Å². The topological polar surface area (TPSA) is 72.8 Å². The van der Waals surface area contributed by atoms with Crippen LogP contribution in [0.3, 0.4) is 0 Å². The van der Waals surface area contributed by atoms with Gasteiger partial charge in [-0.3, -0.25) is 4.79 Å². The second kappa shape index (κ2) is 6.51. The number of ketones is 1. The second-order valence-corrected chi connectivity index (χ2v) is 4.57. The Kier molecular flexibility index (Phi) is 4.70. The Morgan fingerprint density at radius 1 is 0.909 bits per heavy atom. The third kappa shape index (κ3) is 2.64. The number of hydrogen-bond donors (Lipinski definition) is 1. The molecule has 2 aromatic rings. The fraction of sp³-hybridized carbons (Fsp3) is 0.176. The van der Waals surface area contributed by atoms with Gasteiger partial charge in [-0.25, -0.2) is 4.79 Å². The van der Waals surface area contributed by atoms with Crippen molar-refractivity contribution in [1.29, 1.82) is 0 Å². The maximum atomic E-state index is 12.7. The van der Waals surface area contributed by atoms with E-state index in [0.717, 1.165) is 0 Å². The molecule has 0 radical (unpaired) electrons. The van der Waals surface area contributed by atoms with E-state index >= 15 is 0 Å². The van der Waals surface area contributed by atoms with Crippen LogP contribution in [0.4, 0.5) is 0 Å². The SMILES string of the molecule is COC(OC)(C(=O)O)c1ccccc1C(=O)c1ccccc1. The highest BCUT2D eigenvalue weighted by atomic mass is 16.7. The molecule has 0 saturated heterocycles. The van der Waals surface area contributed by atoms with Gasteiger partial charge in [-0.15, -0.1) is 0 Å². The number of hydrogen-bond acceptors (Lipinski definition) is 4. The smallest absolute Gasteiger partial charge is 0.369 e. The number of carboxylic acids is 1. The maximum Gasteiger partial charge on any atom is 0.369 e. The van der Waals surface area contributed by atoms with Crippen molar-refractivity contribution in [2.24, 2.45) is 0 Å². The van der Waals surface area contributed by atoms with Crippen LogP contribution in [0.25, 0.3) is 0 Å². The third-order valence-corrected chi connectivity index (χ3v) is 3.42. The minimum Gasteiger partial charge on any atom is -0.477 e. The first-order chi connectivity index (χ1) is 10.6. The molecule has 2 aromatic carbocycles. The van der Waals surface area contributed by atoms with Crippen LogP contribution in [-0.2, 0) is 20.1 Å². The normalized spacial score (nSPS) is 11.2. The lowest BCUT2D eigenvalue weighted by Gasteiger charge is -2.28. The molecule has 114 valence electrons. The predicted molar refractivity (Wildman–Crippen MR) is 79.6 cm³/mol. The fourth-order valence-electron chi connectivity index (χ4n) is 2.31. The van der Waals surface area contributed by atoms with E-state index in [-0.39, 0.29) is 16.9 Å². The summed E-state index contributed by atoms with van der Waals surface area (Å²) < 4.78 is 10.2. The Balaban J connectivity index is 2.61. The van der Waals surface area contributed by atoms with Crippen LogP contribution in [0.15, 0.2) is 54.6 Å². The second-order valence-electron chi connectivity index (χ2n) is 4.57. The molecule has 5 heteroatoms. The van der Waals surface area contributed by atoms with Gasteiger partial charge < -0.3 is 14.6 Å². The number of carbonyl (C=O) groups excluding carboxylic acids is 1. The number of carboxylic acid groups (broad SMARTS) is 1. The van der Waals surface area contributed by atoms with Gasteiger partial charge in [-0.05, 0) is 0 Å². The molecule has 0 fully saturated rings. The van der Waals surface area contributed by atoms with Crippen LogP contribution < -0.4 is 0 Å². The van der Waals surface area contributed by atoms with Gasteiger partial charge in [0.1, 0.15) is 0 Å². The molecule has 0 unspecified atom stereocenters. The van der Waals surface area contributed by atoms with Crippen LogP contribution in [0, 0.1) is 0 Å². The van der Waals surface area contributed by atoms with E-state index in [9.17, 15) is 14.7 Å². The van der Waals surface area contributed by atoms with Gasteiger partial charge in [0.15, 0.2) is 5.78 Å². The molecule has 0 aromatic heterocycles. The molecular formula is C17H16O5. The average Bonchev–Trinajstić information content (AvgIpc) is 2.57. The summed E-state index contributed by atoms with van der Waals surface area (Å²) in [4.78, 5) is 24.3. The molecular weight excluding hydrogens is 284 g/mol. The first-order valence-electron chi connectivity index (χ1n) is 6.59. The number of aliphatic carboxylic acids is 1. The highest BCUT2D eigenvalue weighted by molar-refractivity contribution is 6.10. The molecule has 0 bridgehead atoms. The van der Waals surface area contributed by atoms with Crippen LogP contribution in [0.1, 0.15) is 21.5 Å². The standard InChI is InChI=1S/C17H16O5/c1-21-17(22-2,16(19)20)14-11-7-6-10-13(14)15(18)12-8-4-3-5-9-12/h3-11H,1-2H3,(H,19,20). The fourth-order valence-corrected chi connectivity index (χ4v) is 2.31. The van der Waals surface area contributed by atoms with Gasteiger partial charge in [0.25, 0.3) is 5.79 Å².